The molecule has 0 bridgehead atoms. The Morgan fingerprint density at radius 1 is 1.26 bits per heavy atom. The molecule has 0 amide bonds. The third kappa shape index (κ3) is 5.22. The highest BCUT2D eigenvalue weighted by Crippen LogP contribution is 2.29. The molecule has 1 heterocycles. The lowest BCUT2D eigenvalue weighted by Gasteiger charge is -2.21. The number of aromatic nitrogens is 1. The number of pyridine rings is 1. The maximum atomic E-state index is 13.9. The maximum Gasteiger partial charge on any atom is 0.341 e. The summed E-state index contributed by atoms with van der Waals surface area (Å²) >= 11 is 0. The fraction of sp³-hybridized carbons (Fsp3) is 0.500. The van der Waals surface area contributed by atoms with Crippen molar-refractivity contribution in [1.82, 2.24) is 4.57 Å². The lowest BCUT2D eigenvalue weighted by Crippen LogP contribution is -2.21. The van der Waals surface area contributed by atoms with E-state index >= 15 is 0 Å². The van der Waals surface area contributed by atoms with Crippen LogP contribution in [0.2, 0.25) is 0 Å². The van der Waals surface area contributed by atoms with Crippen molar-refractivity contribution in [1.29, 1.82) is 0 Å². The summed E-state index contributed by atoms with van der Waals surface area (Å²) in [5.74, 6) is -1.72. The van der Waals surface area contributed by atoms with Crippen molar-refractivity contribution < 1.29 is 19.0 Å². The molecule has 1 unspecified atom stereocenters. The van der Waals surface area contributed by atoms with E-state index in [2.05, 4.69) is 6.92 Å². The van der Waals surface area contributed by atoms with E-state index in [0.717, 1.165) is 25.3 Å². The molecule has 0 radical (unpaired) electrons. The molecule has 27 heavy (non-hydrogen) atoms. The van der Waals surface area contributed by atoms with Crippen LogP contribution in [0.1, 0.15) is 68.8 Å². The second-order valence-corrected chi connectivity index (χ2v) is 6.64. The third-order valence-corrected chi connectivity index (χ3v) is 4.71. The number of hydrogen-bond acceptors (Lipinski definition) is 3. The molecule has 0 aliphatic carbocycles. The van der Waals surface area contributed by atoms with Crippen molar-refractivity contribution in [2.45, 2.75) is 58.4 Å². The third-order valence-electron chi connectivity index (χ3n) is 4.71. The quantitative estimate of drug-likeness (QED) is 0.589. The SMILES string of the molecule is CCCCCCCC(C)n1cc(C(=O)O)c(=O)c2cc(F)cc(OC)c21.Cl. The molecule has 2 aromatic rings. The van der Waals surface area contributed by atoms with Crippen LogP contribution in [0.3, 0.4) is 0 Å². The van der Waals surface area contributed by atoms with Crippen LogP contribution >= 0.6 is 12.4 Å². The predicted octanol–water partition coefficient (Wildman–Crippen LogP) is 5.19. The molecule has 1 atom stereocenters. The molecule has 2 rings (SSSR count). The van der Waals surface area contributed by atoms with Crippen LogP contribution in [0, 0.1) is 5.82 Å². The average Bonchev–Trinajstić information content (AvgIpc) is 2.61. The lowest BCUT2D eigenvalue weighted by atomic mass is 10.0. The van der Waals surface area contributed by atoms with E-state index in [-0.39, 0.29) is 35.1 Å². The van der Waals surface area contributed by atoms with Crippen LogP contribution in [0.15, 0.2) is 23.1 Å². The van der Waals surface area contributed by atoms with Crippen molar-refractivity contribution in [2.75, 3.05) is 7.11 Å². The summed E-state index contributed by atoms with van der Waals surface area (Å²) in [6.07, 6.45) is 7.83. The lowest BCUT2D eigenvalue weighted by molar-refractivity contribution is 0.0694. The molecule has 7 heteroatoms. The van der Waals surface area contributed by atoms with Gasteiger partial charge in [0.1, 0.15) is 17.1 Å². The molecule has 0 aliphatic rings. The fourth-order valence-electron chi connectivity index (χ4n) is 3.26. The number of fused-ring (bicyclic) bond motifs is 1. The summed E-state index contributed by atoms with van der Waals surface area (Å²) in [5, 5.41) is 9.39. The Morgan fingerprint density at radius 2 is 1.93 bits per heavy atom. The zero-order valence-electron chi connectivity index (χ0n) is 16.0. The molecule has 150 valence electrons. The molecule has 0 saturated heterocycles. The molecule has 0 saturated carbocycles. The molecule has 0 fully saturated rings. The Balaban J connectivity index is 0.00000364. The first-order chi connectivity index (χ1) is 12.4. The van der Waals surface area contributed by atoms with Crippen molar-refractivity contribution in [2.24, 2.45) is 0 Å². The standard InChI is InChI=1S/C20H26FNO4.ClH/c1-4-5-6-7-8-9-13(2)22-12-16(20(24)25)19(23)15-10-14(21)11-17(26-3)18(15)22;/h10-13H,4-9H2,1-3H3,(H,24,25);1H. The second-order valence-electron chi connectivity index (χ2n) is 6.64. The van der Waals surface area contributed by atoms with E-state index in [0.29, 0.717) is 5.52 Å². The average molecular weight is 400 g/mol. The molecule has 1 aromatic carbocycles. The maximum absolute atomic E-state index is 13.9. The monoisotopic (exact) mass is 399 g/mol. The van der Waals surface area contributed by atoms with Gasteiger partial charge >= 0.3 is 5.97 Å². The number of rotatable bonds is 9. The molecular weight excluding hydrogens is 373 g/mol. The predicted molar refractivity (Wildman–Crippen MR) is 107 cm³/mol. The van der Waals surface area contributed by atoms with Gasteiger partial charge < -0.3 is 14.4 Å². The van der Waals surface area contributed by atoms with Crippen molar-refractivity contribution >= 4 is 29.3 Å². The first-order valence-corrected chi connectivity index (χ1v) is 9.06. The highest BCUT2D eigenvalue weighted by molar-refractivity contribution is 5.94. The number of aromatic carboxylic acids is 1. The summed E-state index contributed by atoms with van der Waals surface area (Å²) in [7, 11) is 1.41. The number of carbonyl (C=O) groups is 1. The van der Waals surface area contributed by atoms with Gasteiger partial charge in [0.2, 0.25) is 5.43 Å². The highest BCUT2D eigenvalue weighted by atomic mass is 35.5. The van der Waals surface area contributed by atoms with Gasteiger partial charge in [-0.1, -0.05) is 39.0 Å². The number of unbranched alkanes of at least 4 members (excludes halogenated alkanes) is 4. The van der Waals surface area contributed by atoms with E-state index in [1.165, 1.54) is 38.6 Å². The fourth-order valence-corrected chi connectivity index (χ4v) is 3.26. The van der Waals surface area contributed by atoms with Crippen LogP contribution in [0.25, 0.3) is 10.9 Å². The van der Waals surface area contributed by atoms with Crippen LogP contribution in [0.4, 0.5) is 4.39 Å². The number of benzene rings is 1. The topological polar surface area (TPSA) is 68.5 Å². The van der Waals surface area contributed by atoms with Crippen LogP contribution in [-0.4, -0.2) is 22.8 Å². The minimum atomic E-state index is -1.32. The van der Waals surface area contributed by atoms with Crippen molar-refractivity contribution in [3.63, 3.8) is 0 Å². The number of methoxy groups -OCH3 is 1. The first-order valence-electron chi connectivity index (χ1n) is 9.06. The zero-order valence-corrected chi connectivity index (χ0v) is 16.8. The summed E-state index contributed by atoms with van der Waals surface area (Å²) in [6.45, 7) is 4.13. The summed E-state index contributed by atoms with van der Waals surface area (Å²) < 4.78 is 20.9. The van der Waals surface area contributed by atoms with Gasteiger partial charge in [-0.25, -0.2) is 9.18 Å². The van der Waals surface area contributed by atoms with E-state index in [1.54, 1.807) is 4.57 Å². The summed E-state index contributed by atoms with van der Waals surface area (Å²) in [6, 6.07) is 2.25. The van der Waals surface area contributed by atoms with Gasteiger partial charge in [-0.2, -0.15) is 0 Å². The van der Waals surface area contributed by atoms with Crippen LogP contribution < -0.4 is 10.2 Å². The van der Waals surface area contributed by atoms with Crippen LogP contribution in [0.5, 0.6) is 5.75 Å². The Morgan fingerprint density at radius 3 is 2.52 bits per heavy atom. The summed E-state index contributed by atoms with van der Waals surface area (Å²) in [5.41, 5.74) is -0.621. The van der Waals surface area contributed by atoms with Crippen molar-refractivity contribution in [3.05, 3.63) is 39.9 Å². The normalized spacial score (nSPS) is 11.9. The minimum Gasteiger partial charge on any atom is -0.494 e. The molecule has 0 spiro atoms. The van der Waals surface area contributed by atoms with Gasteiger partial charge in [0.25, 0.3) is 0 Å². The number of carboxylic acids is 1. The van der Waals surface area contributed by atoms with Gasteiger partial charge in [0.05, 0.1) is 18.0 Å². The Kier molecular flexibility index (Phi) is 8.76. The van der Waals surface area contributed by atoms with E-state index in [9.17, 15) is 19.1 Å². The van der Waals surface area contributed by atoms with Gasteiger partial charge in [-0.05, 0) is 19.4 Å². The minimum absolute atomic E-state index is 0. The van der Waals surface area contributed by atoms with Gasteiger partial charge in [-0.15, -0.1) is 12.4 Å². The number of carboxylic acid groups (broad SMARTS) is 1. The Bertz CT molecular complexity index is 850. The van der Waals surface area contributed by atoms with Crippen molar-refractivity contribution in [3.8, 4) is 5.75 Å². The number of nitrogens with zero attached hydrogens (tertiary/aromatic N) is 1. The number of halogens is 2. The Labute approximate surface area is 164 Å². The largest absolute Gasteiger partial charge is 0.494 e. The van der Waals surface area contributed by atoms with E-state index in [1.807, 2.05) is 6.92 Å². The van der Waals surface area contributed by atoms with E-state index in [4.69, 9.17) is 4.74 Å². The second kappa shape index (κ2) is 10.3. The van der Waals surface area contributed by atoms with E-state index < -0.39 is 17.2 Å². The number of ether oxygens (including phenoxy) is 1. The van der Waals surface area contributed by atoms with Gasteiger partial charge in [0.15, 0.2) is 0 Å². The molecular formula is C20H27ClFNO4. The Hall–Kier alpha value is -2.08. The molecule has 1 N–H and O–H groups in total. The first kappa shape index (κ1) is 23.0. The number of hydrogen-bond donors (Lipinski definition) is 1. The van der Waals surface area contributed by atoms with Crippen LogP contribution in [-0.2, 0) is 0 Å². The van der Waals surface area contributed by atoms with Gasteiger partial charge in [-0.3, -0.25) is 4.79 Å². The zero-order chi connectivity index (χ0) is 19.3. The van der Waals surface area contributed by atoms with Gasteiger partial charge in [0, 0.05) is 18.3 Å². The molecule has 5 nitrogen and oxygen atoms in total. The highest BCUT2D eigenvalue weighted by Gasteiger charge is 2.20. The molecule has 1 aromatic heterocycles. The summed E-state index contributed by atoms with van der Waals surface area (Å²) in [4.78, 5) is 24.0. The smallest absolute Gasteiger partial charge is 0.341 e. The molecule has 0 aliphatic heterocycles.